The van der Waals surface area contributed by atoms with Crippen molar-refractivity contribution in [2.45, 2.75) is 25.1 Å². The summed E-state index contributed by atoms with van der Waals surface area (Å²) in [6.07, 6.45) is 0. The predicted molar refractivity (Wildman–Crippen MR) is 140 cm³/mol. The molecule has 0 saturated heterocycles. The van der Waals surface area contributed by atoms with E-state index in [2.05, 4.69) is 28.8 Å². The Balaban J connectivity index is 1.83. The summed E-state index contributed by atoms with van der Waals surface area (Å²) < 4.78 is 0. The van der Waals surface area contributed by atoms with Gasteiger partial charge in [-0.05, 0) is 67.9 Å². The topological polar surface area (TPSA) is 37.0 Å². The first-order chi connectivity index (χ1) is 15.1. The third-order valence-electron chi connectivity index (χ3n) is 4.84. The van der Waals surface area contributed by atoms with Crippen LogP contribution in [0.3, 0.4) is 0 Å². The van der Waals surface area contributed by atoms with Crippen LogP contribution in [0.4, 0.5) is 11.5 Å². The van der Waals surface area contributed by atoms with Crippen molar-refractivity contribution in [2.24, 2.45) is 0 Å². The Morgan fingerprint density at radius 1 is 0.938 bits per heavy atom. The minimum Gasteiger partial charge on any atom is -0.359 e. The number of hydrogen-bond donors (Lipinski definition) is 2. The Morgan fingerprint density at radius 2 is 1.62 bits per heavy atom. The molecule has 166 valence electrons. The Hall–Kier alpha value is -2.17. The molecule has 1 aromatic heterocycles. The molecular weight excluding hydrogens is 484 g/mol. The predicted octanol–water partition coefficient (Wildman–Crippen LogP) is 8.77. The number of nitrogens with zero attached hydrogens (tertiary/aromatic N) is 1. The van der Waals surface area contributed by atoms with E-state index in [1.165, 1.54) is 0 Å². The highest BCUT2D eigenvalue weighted by atomic mass is 35.5. The fourth-order valence-corrected chi connectivity index (χ4v) is 4.50. The van der Waals surface area contributed by atoms with Crippen LogP contribution in [0.5, 0.6) is 0 Å². The van der Waals surface area contributed by atoms with Gasteiger partial charge in [0.2, 0.25) is 0 Å². The monoisotopic (exact) mass is 505 g/mol. The van der Waals surface area contributed by atoms with Crippen molar-refractivity contribution in [3.63, 3.8) is 0 Å². The summed E-state index contributed by atoms with van der Waals surface area (Å²) >= 11 is 25.4. The first kappa shape index (κ1) is 24.5. The largest absolute Gasteiger partial charge is 0.359 e. The molecule has 0 saturated carbocycles. The van der Waals surface area contributed by atoms with Gasteiger partial charge in [-0.25, -0.2) is 4.98 Å². The molecule has 0 bridgehead atoms. The van der Waals surface area contributed by atoms with E-state index < -0.39 is 0 Å². The van der Waals surface area contributed by atoms with Crippen molar-refractivity contribution in [3.8, 4) is 0 Å². The first-order valence-corrected chi connectivity index (χ1v) is 11.5. The summed E-state index contributed by atoms with van der Waals surface area (Å²) in [7, 11) is 0. The average molecular weight is 507 g/mol. The standard InChI is InChI=1S/C25H23Cl4N3/c1-14-6-5-7-24(30-14)32-16(3)22-13-21(8-9-23(22)29)31-17(4)25(15(2)26)18-10-19(27)12-20(28)11-18/h5-13,15,25,31H,3-4H2,1-2H3,(H,30,32). The van der Waals surface area contributed by atoms with Crippen molar-refractivity contribution in [1.29, 1.82) is 0 Å². The molecular formula is C25H23Cl4N3. The van der Waals surface area contributed by atoms with Crippen molar-refractivity contribution in [1.82, 2.24) is 4.98 Å². The van der Waals surface area contributed by atoms with Crippen LogP contribution in [0.25, 0.3) is 5.70 Å². The van der Waals surface area contributed by atoms with Gasteiger partial charge in [-0.15, -0.1) is 11.6 Å². The van der Waals surface area contributed by atoms with Gasteiger partial charge in [0.1, 0.15) is 5.82 Å². The normalized spacial score (nSPS) is 12.7. The number of allylic oxidation sites excluding steroid dienone is 1. The number of hydrogen-bond acceptors (Lipinski definition) is 3. The molecule has 0 aliphatic heterocycles. The lowest BCUT2D eigenvalue weighted by Crippen LogP contribution is -2.17. The number of rotatable bonds is 8. The van der Waals surface area contributed by atoms with Crippen molar-refractivity contribution >= 4 is 63.6 Å². The van der Waals surface area contributed by atoms with Gasteiger partial charge in [0, 0.05) is 49.7 Å². The Labute approximate surface area is 209 Å². The molecule has 3 rings (SSSR count). The lowest BCUT2D eigenvalue weighted by atomic mass is 9.93. The second kappa shape index (κ2) is 10.6. The molecule has 0 amide bonds. The molecule has 3 nitrogen and oxygen atoms in total. The highest BCUT2D eigenvalue weighted by molar-refractivity contribution is 6.34. The van der Waals surface area contributed by atoms with E-state index >= 15 is 0 Å². The Morgan fingerprint density at radius 3 is 2.25 bits per heavy atom. The molecule has 0 aliphatic carbocycles. The van der Waals surface area contributed by atoms with E-state index in [1.807, 2.05) is 56.3 Å². The quantitative estimate of drug-likeness (QED) is 0.299. The van der Waals surface area contributed by atoms with Crippen LogP contribution < -0.4 is 10.6 Å². The molecule has 2 aromatic carbocycles. The molecule has 0 fully saturated rings. The van der Waals surface area contributed by atoms with Gasteiger partial charge in [0.15, 0.2) is 0 Å². The van der Waals surface area contributed by atoms with Crippen LogP contribution in [0.2, 0.25) is 15.1 Å². The zero-order valence-corrected chi connectivity index (χ0v) is 20.7. The van der Waals surface area contributed by atoms with Crippen LogP contribution in [-0.4, -0.2) is 10.4 Å². The molecule has 0 radical (unpaired) electrons. The third kappa shape index (κ3) is 6.20. The number of pyridine rings is 1. The smallest absolute Gasteiger partial charge is 0.130 e. The number of alkyl halides is 1. The minimum atomic E-state index is -0.250. The van der Waals surface area contributed by atoms with Crippen molar-refractivity contribution in [2.75, 3.05) is 10.6 Å². The summed E-state index contributed by atoms with van der Waals surface area (Å²) in [4.78, 5) is 4.45. The van der Waals surface area contributed by atoms with Gasteiger partial charge in [-0.1, -0.05) is 54.0 Å². The fraction of sp³-hybridized carbons (Fsp3) is 0.160. The summed E-state index contributed by atoms with van der Waals surface area (Å²) in [6.45, 7) is 12.2. The molecule has 2 atom stereocenters. The van der Waals surface area contributed by atoms with Gasteiger partial charge in [0.25, 0.3) is 0 Å². The Kier molecular flexibility index (Phi) is 8.13. The van der Waals surface area contributed by atoms with Gasteiger partial charge in [0.05, 0.1) is 5.02 Å². The molecule has 0 aliphatic rings. The van der Waals surface area contributed by atoms with E-state index in [-0.39, 0.29) is 11.3 Å². The lowest BCUT2D eigenvalue weighted by molar-refractivity contribution is 0.775. The molecule has 7 heteroatoms. The second-order valence-electron chi connectivity index (χ2n) is 7.47. The van der Waals surface area contributed by atoms with Gasteiger partial charge in [-0.2, -0.15) is 0 Å². The maximum absolute atomic E-state index is 6.51. The zero-order chi connectivity index (χ0) is 23.4. The summed E-state index contributed by atoms with van der Waals surface area (Å²) in [5.74, 6) is 0.479. The maximum Gasteiger partial charge on any atom is 0.130 e. The van der Waals surface area contributed by atoms with E-state index in [0.717, 1.165) is 22.5 Å². The molecule has 3 aromatic rings. The van der Waals surface area contributed by atoms with Crippen molar-refractivity contribution < 1.29 is 0 Å². The summed E-state index contributed by atoms with van der Waals surface area (Å²) in [6, 6.07) is 16.7. The summed E-state index contributed by atoms with van der Waals surface area (Å²) in [5, 5.41) is 7.96. The molecule has 2 N–H and O–H groups in total. The van der Waals surface area contributed by atoms with Crippen LogP contribution in [0.15, 0.2) is 73.5 Å². The number of nitrogens with one attached hydrogen (secondary N) is 2. The van der Waals surface area contributed by atoms with E-state index in [1.54, 1.807) is 12.1 Å². The second-order valence-corrected chi connectivity index (χ2v) is 9.44. The molecule has 32 heavy (non-hydrogen) atoms. The molecule has 0 spiro atoms. The van der Waals surface area contributed by atoms with E-state index in [9.17, 15) is 0 Å². The highest BCUT2D eigenvalue weighted by Crippen LogP contribution is 2.35. The number of anilines is 2. The van der Waals surface area contributed by atoms with Gasteiger partial charge >= 0.3 is 0 Å². The van der Waals surface area contributed by atoms with Crippen LogP contribution in [-0.2, 0) is 0 Å². The van der Waals surface area contributed by atoms with E-state index in [0.29, 0.717) is 32.3 Å². The Bertz CT molecular complexity index is 1140. The molecule has 2 unspecified atom stereocenters. The first-order valence-electron chi connectivity index (χ1n) is 9.89. The lowest BCUT2D eigenvalue weighted by Gasteiger charge is -2.24. The number of halogens is 4. The van der Waals surface area contributed by atoms with Gasteiger partial charge < -0.3 is 10.6 Å². The van der Waals surface area contributed by atoms with Crippen LogP contribution in [0.1, 0.15) is 29.7 Å². The van der Waals surface area contributed by atoms with Gasteiger partial charge in [-0.3, -0.25) is 0 Å². The highest BCUT2D eigenvalue weighted by Gasteiger charge is 2.22. The van der Waals surface area contributed by atoms with E-state index in [4.69, 9.17) is 46.4 Å². The SMILES string of the molecule is C=C(Nc1cccc(C)n1)c1cc(NC(=C)C(c2cc(Cl)cc(Cl)c2)C(C)Cl)ccc1Cl. The van der Waals surface area contributed by atoms with Crippen LogP contribution in [0, 0.1) is 6.92 Å². The van der Waals surface area contributed by atoms with Crippen LogP contribution >= 0.6 is 46.4 Å². The minimum absolute atomic E-state index is 0.218. The zero-order valence-electron chi connectivity index (χ0n) is 17.7. The average Bonchev–Trinajstić information content (AvgIpc) is 2.68. The number of aryl methyl sites for hydroxylation is 1. The number of benzene rings is 2. The fourth-order valence-electron chi connectivity index (χ4n) is 3.43. The summed E-state index contributed by atoms with van der Waals surface area (Å²) in [5.41, 5.74) is 4.67. The maximum atomic E-state index is 6.51. The molecule has 1 heterocycles. The van der Waals surface area contributed by atoms with Crippen molar-refractivity contribution in [3.05, 3.63) is 105 Å². The third-order valence-corrected chi connectivity index (χ3v) is 5.86. The number of aromatic nitrogens is 1.